The Hall–Kier alpha value is -2.53. The van der Waals surface area contributed by atoms with Crippen molar-refractivity contribution < 1.29 is 34.1 Å². The van der Waals surface area contributed by atoms with Crippen molar-refractivity contribution >= 4 is 35.5 Å². The minimum atomic E-state index is -1.19. The number of carbonyl (C=O) groups is 4. The monoisotopic (exact) mass is 381 g/mol. The van der Waals surface area contributed by atoms with Gasteiger partial charge in [-0.25, -0.2) is 4.79 Å². The van der Waals surface area contributed by atoms with E-state index in [9.17, 15) is 19.2 Å². The number of fused-ring (bicyclic) bond motifs is 2. The lowest BCUT2D eigenvalue weighted by Crippen LogP contribution is -2.71. The van der Waals surface area contributed by atoms with E-state index >= 15 is 0 Å². The van der Waals surface area contributed by atoms with Crippen LogP contribution in [0.2, 0.25) is 0 Å². The molecule has 0 saturated carbocycles. The first-order valence-electron chi connectivity index (χ1n) is 7.91. The number of nitrogens with one attached hydrogen (secondary N) is 1. The van der Waals surface area contributed by atoms with Crippen LogP contribution in [0.4, 0.5) is 0 Å². The van der Waals surface area contributed by atoms with Crippen molar-refractivity contribution in [2.24, 2.45) is 0 Å². The zero-order valence-corrected chi connectivity index (χ0v) is 14.1. The summed E-state index contributed by atoms with van der Waals surface area (Å²) in [4.78, 5) is 50.4. The largest absolute Gasteiger partial charge is 0.477 e. The summed E-state index contributed by atoms with van der Waals surface area (Å²) < 4.78 is 5.48. The van der Waals surface area contributed by atoms with Crippen molar-refractivity contribution in [3.05, 3.63) is 23.6 Å². The van der Waals surface area contributed by atoms with Gasteiger partial charge in [0.15, 0.2) is 12.3 Å². The van der Waals surface area contributed by atoms with Gasteiger partial charge in [0.1, 0.15) is 22.9 Å². The van der Waals surface area contributed by atoms with E-state index in [1.54, 1.807) is 0 Å². The summed E-state index contributed by atoms with van der Waals surface area (Å²) in [5.41, 5.74) is -0.0905. The predicted octanol–water partition coefficient (Wildman–Crippen LogP) is -1.81. The molecule has 0 spiro atoms. The molecule has 138 valence electrons. The van der Waals surface area contributed by atoms with Crippen molar-refractivity contribution in [2.75, 3.05) is 12.4 Å². The number of ether oxygens (including phenoxy) is 1. The van der Waals surface area contributed by atoms with E-state index in [1.165, 1.54) is 28.8 Å². The summed E-state index contributed by atoms with van der Waals surface area (Å²) in [5.74, 6) is -1.96. The number of β-lactam (4-membered cyclic amide) rings is 2. The van der Waals surface area contributed by atoms with E-state index in [2.05, 4.69) is 5.32 Å². The molecule has 0 aliphatic carbocycles. The van der Waals surface area contributed by atoms with Crippen LogP contribution in [0.1, 0.15) is 6.42 Å². The Balaban J connectivity index is 1.50. The average molecular weight is 381 g/mol. The quantitative estimate of drug-likeness (QED) is 0.485. The molecule has 4 atom stereocenters. The highest BCUT2D eigenvalue weighted by molar-refractivity contribution is 8.00. The molecule has 4 aliphatic rings. The lowest BCUT2D eigenvalue weighted by atomic mass is 10.0. The maximum absolute atomic E-state index is 12.7. The Morgan fingerprint density at radius 3 is 2.85 bits per heavy atom. The molecule has 0 aromatic carbocycles. The van der Waals surface area contributed by atoms with Gasteiger partial charge in [0.25, 0.3) is 11.8 Å². The van der Waals surface area contributed by atoms with Crippen LogP contribution in [-0.4, -0.2) is 79.7 Å². The number of carbonyl (C=O) groups excluding carboxylic acids is 3. The lowest BCUT2D eigenvalue weighted by molar-refractivity contribution is -0.160. The van der Waals surface area contributed by atoms with Gasteiger partial charge in [-0.15, -0.1) is 11.8 Å². The second-order valence-electron chi connectivity index (χ2n) is 6.08. The summed E-state index contributed by atoms with van der Waals surface area (Å²) in [6.07, 6.45) is 2.39. The Morgan fingerprint density at radius 2 is 2.19 bits per heavy atom. The van der Waals surface area contributed by atoms with Gasteiger partial charge in [-0.2, -0.15) is 0 Å². The van der Waals surface area contributed by atoms with Crippen molar-refractivity contribution in [3.8, 4) is 0 Å². The lowest BCUT2D eigenvalue weighted by Gasteiger charge is -2.48. The topological polar surface area (TPSA) is 136 Å². The third kappa shape index (κ3) is 2.31. The molecule has 10 nitrogen and oxygen atoms in total. The zero-order valence-electron chi connectivity index (χ0n) is 13.3. The molecule has 0 bridgehead atoms. The summed E-state index contributed by atoms with van der Waals surface area (Å²) in [7, 11) is 0. The molecule has 3 fully saturated rings. The average Bonchev–Trinajstić information content (AvgIpc) is 2.90. The van der Waals surface area contributed by atoms with Gasteiger partial charge in [0, 0.05) is 5.75 Å². The highest BCUT2D eigenvalue weighted by atomic mass is 32.2. The van der Waals surface area contributed by atoms with Crippen LogP contribution >= 0.6 is 11.8 Å². The van der Waals surface area contributed by atoms with Crippen LogP contribution < -0.4 is 5.32 Å². The summed E-state index contributed by atoms with van der Waals surface area (Å²) in [6, 6.07) is -1.90. The highest BCUT2D eigenvalue weighted by Gasteiger charge is 2.57. The number of carboxylic acid groups (broad SMARTS) is 1. The second kappa shape index (κ2) is 6.02. The van der Waals surface area contributed by atoms with Gasteiger partial charge >= 0.3 is 5.97 Å². The molecule has 4 rings (SSSR count). The minimum absolute atomic E-state index is 0.0905. The van der Waals surface area contributed by atoms with Gasteiger partial charge in [-0.1, -0.05) is 0 Å². The van der Waals surface area contributed by atoms with Crippen molar-refractivity contribution in [3.63, 3.8) is 0 Å². The first-order valence-corrected chi connectivity index (χ1v) is 8.96. The van der Waals surface area contributed by atoms with Crippen LogP contribution in [-0.2, 0) is 23.9 Å². The SMILES string of the molecule is O=C(O)C1=CCSC2C(NC(=O)[C@H]3/C(=C/CO)O[C@@H]4CC(=O)N43)C(=O)N12. The Labute approximate surface area is 151 Å². The maximum Gasteiger partial charge on any atom is 0.352 e. The number of hydrogen-bond acceptors (Lipinski definition) is 7. The molecule has 0 aromatic rings. The summed E-state index contributed by atoms with van der Waals surface area (Å²) in [5, 5.41) is 20.3. The molecule has 26 heavy (non-hydrogen) atoms. The number of carboxylic acids is 1. The molecule has 11 heteroatoms. The number of rotatable bonds is 4. The molecule has 3 saturated heterocycles. The number of aliphatic carboxylic acids is 1. The predicted molar refractivity (Wildman–Crippen MR) is 86.0 cm³/mol. The third-order valence-electron chi connectivity index (χ3n) is 4.67. The first-order chi connectivity index (χ1) is 12.4. The number of aliphatic hydroxyl groups is 1. The Bertz CT molecular complexity index is 779. The number of hydrogen-bond donors (Lipinski definition) is 3. The maximum atomic E-state index is 12.7. The first kappa shape index (κ1) is 16.9. The van der Waals surface area contributed by atoms with Gasteiger partial charge in [-0.3, -0.25) is 24.2 Å². The number of nitrogens with zero attached hydrogens (tertiary/aromatic N) is 2. The van der Waals surface area contributed by atoms with Crippen LogP contribution in [0.3, 0.4) is 0 Å². The molecule has 3 amide bonds. The van der Waals surface area contributed by atoms with Gasteiger partial charge in [0.2, 0.25) is 5.91 Å². The fourth-order valence-electron chi connectivity index (χ4n) is 3.44. The van der Waals surface area contributed by atoms with E-state index in [-0.39, 0.29) is 30.4 Å². The molecular weight excluding hydrogens is 366 g/mol. The molecule has 4 heterocycles. The van der Waals surface area contributed by atoms with Crippen LogP contribution in [0, 0.1) is 0 Å². The Morgan fingerprint density at radius 1 is 1.42 bits per heavy atom. The van der Waals surface area contributed by atoms with E-state index < -0.39 is 41.5 Å². The normalized spacial score (nSPS) is 33.6. The van der Waals surface area contributed by atoms with Gasteiger partial charge in [0.05, 0.1) is 13.0 Å². The summed E-state index contributed by atoms with van der Waals surface area (Å²) in [6.45, 7) is -0.352. The third-order valence-corrected chi connectivity index (χ3v) is 5.85. The van der Waals surface area contributed by atoms with Crippen molar-refractivity contribution in [1.29, 1.82) is 0 Å². The molecule has 4 aliphatic heterocycles. The standard InChI is InChI=1S/C15H15N3O7S/c19-3-1-7-11(18-8(20)5-9(18)25-7)12(21)16-10-13(22)17-6(15(23)24)2-4-26-14(10)17/h1-2,9-11,14,19H,3-5H2,(H,16,21)(H,23,24)/b7-1-/t9-,10?,11-,14?/m1/s1. The molecule has 2 unspecified atom stereocenters. The zero-order chi connectivity index (χ0) is 18.6. The van der Waals surface area contributed by atoms with Gasteiger partial charge < -0.3 is 20.3 Å². The van der Waals surface area contributed by atoms with E-state index in [1.807, 2.05) is 0 Å². The number of thioether (sulfide) groups is 1. The van der Waals surface area contributed by atoms with Crippen LogP contribution in [0.15, 0.2) is 23.6 Å². The summed E-state index contributed by atoms with van der Waals surface area (Å²) >= 11 is 1.34. The molecular formula is C15H15N3O7S. The van der Waals surface area contributed by atoms with Crippen molar-refractivity contribution in [1.82, 2.24) is 15.1 Å². The van der Waals surface area contributed by atoms with Crippen molar-refractivity contribution in [2.45, 2.75) is 30.1 Å². The molecule has 3 N–H and O–H groups in total. The smallest absolute Gasteiger partial charge is 0.352 e. The number of amides is 3. The van der Waals surface area contributed by atoms with E-state index in [4.69, 9.17) is 14.9 Å². The molecule has 0 radical (unpaired) electrons. The second-order valence-corrected chi connectivity index (χ2v) is 7.23. The minimum Gasteiger partial charge on any atom is -0.477 e. The Kier molecular flexibility index (Phi) is 3.92. The van der Waals surface area contributed by atoms with Crippen LogP contribution in [0.5, 0.6) is 0 Å². The molecule has 0 aromatic heterocycles. The van der Waals surface area contributed by atoms with E-state index in [0.717, 1.165) is 4.90 Å². The number of aliphatic hydroxyl groups excluding tert-OH is 1. The highest BCUT2D eigenvalue weighted by Crippen LogP contribution is 2.39. The van der Waals surface area contributed by atoms with Gasteiger partial charge in [-0.05, 0) is 12.2 Å². The van der Waals surface area contributed by atoms with E-state index in [0.29, 0.717) is 5.75 Å². The van der Waals surface area contributed by atoms with Crippen LogP contribution in [0.25, 0.3) is 0 Å². The fraction of sp³-hybridized carbons (Fsp3) is 0.467. The fourth-order valence-corrected chi connectivity index (χ4v) is 4.64.